The van der Waals surface area contributed by atoms with Crippen molar-refractivity contribution >= 4 is 11.6 Å². The zero-order valence-electron chi connectivity index (χ0n) is 12.3. The minimum Gasteiger partial charge on any atom is -0.329 e. The van der Waals surface area contributed by atoms with Crippen LogP contribution in [-0.4, -0.2) is 24.0 Å². The van der Waals surface area contributed by atoms with Crippen molar-refractivity contribution in [3.63, 3.8) is 0 Å². The van der Waals surface area contributed by atoms with Gasteiger partial charge in [-0.15, -0.1) is 0 Å². The molecule has 20 heavy (non-hydrogen) atoms. The van der Waals surface area contributed by atoms with E-state index in [0.29, 0.717) is 23.5 Å². The number of benzene rings is 1. The summed E-state index contributed by atoms with van der Waals surface area (Å²) in [7, 11) is 0. The molecule has 4 heteroatoms. The average molecular weight is 299 g/mol. The van der Waals surface area contributed by atoms with Crippen LogP contribution in [0.1, 0.15) is 44.7 Å². The first-order valence-electron chi connectivity index (χ1n) is 7.43. The van der Waals surface area contributed by atoms with Gasteiger partial charge in [-0.25, -0.2) is 4.39 Å². The van der Waals surface area contributed by atoms with Crippen LogP contribution < -0.4 is 5.73 Å². The number of hydrogen-bond acceptors (Lipinski definition) is 2. The van der Waals surface area contributed by atoms with Gasteiger partial charge in [-0.2, -0.15) is 0 Å². The highest BCUT2D eigenvalue weighted by molar-refractivity contribution is 6.31. The Morgan fingerprint density at radius 3 is 2.60 bits per heavy atom. The molecule has 0 aromatic heterocycles. The second kappa shape index (κ2) is 6.88. The molecule has 0 saturated heterocycles. The van der Waals surface area contributed by atoms with Crippen LogP contribution in [0.4, 0.5) is 4.39 Å². The Kier molecular flexibility index (Phi) is 5.42. The third-order valence-electron chi connectivity index (χ3n) is 3.93. The maximum Gasteiger partial charge on any atom is 0.124 e. The summed E-state index contributed by atoms with van der Waals surface area (Å²) in [5.41, 5.74) is 6.94. The van der Waals surface area contributed by atoms with Crippen LogP contribution in [0.3, 0.4) is 0 Å². The number of nitrogens with zero attached hydrogens (tertiary/aromatic N) is 1. The molecule has 2 nitrogen and oxygen atoms in total. The van der Waals surface area contributed by atoms with E-state index in [4.69, 9.17) is 17.3 Å². The fourth-order valence-electron chi connectivity index (χ4n) is 2.62. The SMILES string of the molecule is CC(C)CCN(C1CC1)C(CN)c1ccc(F)cc1Cl. The average Bonchev–Trinajstić information content (AvgIpc) is 3.19. The van der Waals surface area contributed by atoms with Crippen molar-refractivity contribution in [1.29, 1.82) is 0 Å². The van der Waals surface area contributed by atoms with E-state index in [1.54, 1.807) is 6.07 Å². The van der Waals surface area contributed by atoms with E-state index >= 15 is 0 Å². The van der Waals surface area contributed by atoms with Gasteiger partial charge in [0.25, 0.3) is 0 Å². The van der Waals surface area contributed by atoms with E-state index in [-0.39, 0.29) is 11.9 Å². The Hall–Kier alpha value is -0.640. The highest BCUT2D eigenvalue weighted by Gasteiger charge is 2.34. The summed E-state index contributed by atoms with van der Waals surface area (Å²) < 4.78 is 13.2. The van der Waals surface area contributed by atoms with E-state index in [1.165, 1.54) is 25.0 Å². The van der Waals surface area contributed by atoms with Crippen LogP contribution in [-0.2, 0) is 0 Å². The van der Waals surface area contributed by atoms with E-state index in [2.05, 4.69) is 18.7 Å². The largest absolute Gasteiger partial charge is 0.329 e. The highest BCUT2D eigenvalue weighted by Crippen LogP contribution is 2.36. The van der Waals surface area contributed by atoms with Gasteiger partial charge in [-0.1, -0.05) is 31.5 Å². The van der Waals surface area contributed by atoms with Gasteiger partial charge >= 0.3 is 0 Å². The lowest BCUT2D eigenvalue weighted by Gasteiger charge is -2.32. The predicted octanol–water partition coefficient (Wildman–Crippen LogP) is 3.99. The summed E-state index contributed by atoms with van der Waals surface area (Å²) in [4.78, 5) is 2.46. The molecular formula is C16H24ClFN2. The number of rotatable bonds is 7. The summed E-state index contributed by atoms with van der Waals surface area (Å²) in [6.45, 7) is 6.00. The number of hydrogen-bond donors (Lipinski definition) is 1. The van der Waals surface area contributed by atoms with Gasteiger partial charge in [0.2, 0.25) is 0 Å². The van der Waals surface area contributed by atoms with Crippen molar-refractivity contribution in [1.82, 2.24) is 4.90 Å². The third kappa shape index (κ3) is 3.94. The minimum absolute atomic E-state index is 0.0920. The molecule has 0 heterocycles. The molecule has 1 fully saturated rings. The molecule has 2 rings (SSSR count). The lowest BCUT2D eigenvalue weighted by Crippen LogP contribution is -2.37. The van der Waals surface area contributed by atoms with Crippen LogP contribution in [0.5, 0.6) is 0 Å². The Morgan fingerprint density at radius 1 is 1.40 bits per heavy atom. The van der Waals surface area contributed by atoms with Crippen LogP contribution in [0.15, 0.2) is 18.2 Å². The summed E-state index contributed by atoms with van der Waals surface area (Å²) in [6, 6.07) is 5.34. The first-order valence-corrected chi connectivity index (χ1v) is 7.81. The van der Waals surface area contributed by atoms with Crippen molar-refractivity contribution in [2.24, 2.45) is 11.7 Å². The van der Waals surface area contributed by atoms with Crippen molar-refractivity contribution < 1.29 is 4.39 Å². The fourth-order valence-corrected chi connectivity index (χ4v) is 2.91. The van der Waals surface area contributed by atoms with Gasteiger partial charge in [0.1, 0.15) is 5.82 Å². The molecule has 112 valence electrons. The van der Waals surface area contributed by atoms with Gasteiger partial charge < -0.3 is 5.73 Å². The van der Waals surface area contributed by atoms with E-state index < -0.39 is 0 Å². The van der Waals surface area contributed by atoms with Crippen molar-refractivity contribution in [2.45, 2.75) is 45.2 Å². The Balaban J connectivity index is 2.18. The maximum atomic E-state index is 13.2. The van der Waals surface area contributed by atoms with E-state index in [0.717, 1.165) is 18.5 Å². The van der Waals surface area contributed by atoms with Crippen LogP contribution >= 0.6 is 11.6 Å². The second-order valence-corrected chi connectivity index (χ2v) is 6.48. The van der Waals surface area contributed by atoms with Crippen LogP contribution in [0.2, 0.25) is 5.02 Å². The zero-order chi connectivity index (χ0) is 14.7. The Morgan fingerprint density at radius 2 is 2.10 bits per heavy atom. The van der Waals surface area contributed by atoms with Crippen molar-refractivity contribution in [2.75, 3.05) is 13.1 Å². The standard InChI is InChI=1S/C16H24ClFN2/c1-11(2)7-8-20(13-4-5-13)16(10-19)14-6-3-12(18)9-15(14)17/h3,6,9,11,13,16H,4-5,7-8,10,19H2,1-2H3. The van der Waals surface area contributed by atoms with Crippen molar-refractivity contribution in [3.05, 3.63) is 34.6 Å². The third-order valence-corrected chi connectivity index (χ3v) is 4.25. The first kappa shape index (κ1) is 15.7. The molecule has 1 atom stereocenters. The Labute approximate surface area is 126 Å². The van der Waals surface area contributed by atoms with Crippen molar-refractivity contribution in [3.8, 4) is 0 Å². The Bertz CT molecular complexity index is 446. The molecule has 1 aliphatic rings. The molecule has 1 unspecified atom stereocenters. The molecule has 1 aliphatic carbocycles. The van der Waals surface area contributed by atoms with Gasteiger partial charge in [0, 0.05) is 23.7 Å². The van der Waals surface area contributed by atoms with Gasteiger partial charge in [0.05, 0.1) is 0 Å². The van der Waals surface area contributed by atoms with Crippen LogP contribution in [0, 0.1) is 11.7 Å². The quantitative estimate of drug-likeness (QED) is 0.825. The molecule has 1 saturated carbocycles. The molecule has 2 N–H and O–H groups in total. The van der Waals surface area contributed by atoms with E-state index in [1.807, 2.05) is 0 Å². The summed E-state index contributed by atoms with van der Waals surface area (Å²) in [5, 5.41) is 0.482. The lowest BCUT2D eigenvalue weighted by atomic mass is 10.0. The molecule has 0 radical (unpaired) electrons. The zero-order valence-corrected chi connectivity index (χ0v) is 13.0. The second-order valence-electron chi connectivity index (χ2n) is 6.07. The fraction of sp³-hybridized carbons (Fsp3) is 0.625. The van der Waals surface area contributed by atoms with Gasteiger partial charge in [0.15, 0.2) is 0 Å². The first-order chi connectivity index (χ1) is 9.52. The monoisotopic (exact) mass is 298 g/mol. The van der Waals surface area contributed by atoms with Gasteiger partial charge in [-0.05, 0) is 49.4 Å². The molecule has 0 aliphatic heterocycles. The topological polar surface area (TPSA) is 29.3 Å². The summed E-state index contributed by atoms with van der Waals surface area (Å²) >= 11 is 6.21. The highest BCUT2D eigenvalue weighted by atomic mass is 35.5. The maximum absolute atomic E-state index is 13.2. The van der Waals surface area contributed by atoms with Crippen LogP contribution in [0.25, 0.3) is 0 Å². The smallest absolute Gasteiger partial charge is 0.124 e. The number of nitrogens with two attached hydrogens (primary N) is 1. The molecular weight excluding hydrogens is 275 g/mol. The number of halogens is 2. The molecule has 0 bridgehead atoms. The predicted molar refractivity (Wildman–Crippen MR) is 82.4 cm³/mol. The normalized spacial score (nSPS) is 16.9. The molecule has 1 aromatic carbocycles. The molecule has 0 amide bonds. The lowest BCUT2D eigenvalue weighted by molar-refractivity contribution is 0.181. The molecule has 0 spiro atoms. The summed E-state index contributed by atoms with van der Waals surface area (Å²) in [5.74, 6) is 0.369. The van der Waals surface area contributed by atoms with E-state index in [9.17, 15) is 4.39 Å². The van der Waals surface area contributed by atoms with Gasteiger partial charge in [-0.3, -0.25) is 4.90 Å². The minimum atomic E-state index is -0.297. The summed E-state index contributed by atoms with van der Waals surface area (Å²) in [6.07, 6.45) is 3.60. The molecule has 1 aromatic rings.